The molecule has 0 bridgehead atoms. The van der Waals surface area contributed by atoms with Gasteiger partial charge in [0.05, 0.1) is 15.0 Å². The van der Waals surface area contributed by atoms with Gasteiger partial charge in [-0.15, -0.1) is 0 Å². The van der Waals surface area contributed by atoms with Crippen molar-refractivity contribution < 1.29 is 0 Å². The maximum Gasteiger partial charge on any atom is 0.0740 e. The zero-order valence-electron chi connectivity index (χ0n) is 10.6. The summed E-state index contributed by atoms with van der Waals surface area (Å²) in [6.45, 7) is 5.85. The Morgan fingerprint density at radius 2 is 2.06 bits per heavy atom. The van der Waals surface area contributed by atoms with Gasteiger partial charge < -0.3 is 5.73 Å². The van der Waals surface area contributed by atoms with Crippen molar-refractivity contribution in [2.45, 2.75) is 32.9 Å². The highest BCUT2D eigenvalue weighted by Gasteiger charge is 2.13. The fraction of sp³-hybridized carbons (Fsp3) is 0.462. The van der Waals surface area contributed by atoms with E-state index < -0.39 is 0 Å². The summed E-state index contributed by atoms with van der Waals surface area (Å²) in [5.74, 6) is 0. The van der Waals surface area contributed by atoms with E-state index >= 15 is 0 Å². The number of benzene rings is 1. The molecule has 0 spiro atoms. The molecule has 0 aliphatic carbocycles. The number of halogens is 2. The van der Waals surface area contributed by atoms with Gasteiger partial charge in [0.25, 0.3) is 0 Å². The van der Waals surface area contributed by atoms with Crippen LogP contribution >= 0.6 is 35.4 Å². The van der Waals surface area contributed by atoms with Crippen molar-refractivity contribution in [3.63, 3.8) is 0 Å². The number of hydrogen-bond acceptors (Lipinski definition) is 2. The van der Waals surface area contributed by atoms with Gasteiger partial charge in [0, 0.05) is 25.6 Å². The van der Waals surface area contributed by atoms with E-state index in [0.29, 0.717) is 27.5 Å². The first-order valence-corrected chi connectivity index (χ1v) is 7.03. The third kappa shape index (κ3) is 4.73. The molecule has 0 fully saturated rings. The summed E-state index contributed by atoms with van der Waals surface area (Å²) in [5, 5.41) is 1.22. The first-order chi connectivity index (χ1) is 8.41. The van der Waals surface area contributed by atoms with Crippen molar-refractivity contribution in [3.8, 4) is 0 Å². The van der Waals surface area contributed by atoms with E-state index in [1.165, 1.54) is 0 Å². The number of nitrogens with zero attached hydrogens (tertiary/aromatic N) is 1. The highest BCUT2D eigenvalue weighted by Crippen LogP contribution is 2.26. The fourth-order valence-corrected chi connectivity index (χ4v) is 2.13. The molecule has 18 heavy (non-hydrogen) atoms. The normalized spacial score (nSPS) is 11.2. The summed E-state index contributed by atoms with van der Waals surface area (Å²) >= 11 is 17.1. The molecule has 0 atom stereocenters. The van der Waals surface area contributed by atoms with Gasteiger partial charge in [0.1, 0.15) is 0 Å². The maximum absolute atomic E-state index is 6.20. The maximum atomic E-state index is 6.20. The van der Waals surface area contributed by atoms with E-state index in [1.807, 2.05) is 12.1 Å². The van der Waals surface area contributed by atoms with Crippen molar-refractivity contribution in [3.05, 3.63) is 33.8 Å². The molecule has 0 aromatic heterocycles. The van der Waals surface area contributed by atoms with Crippen molar-refractivity contribution in [2.24, 2.45) is 5.73 Å². The Kier molecular flexibility index (Phi) is 6.36. The SMILES string of the molecule is CC(C)N(CCC(N)=S)Cc1cccc(Cl)c1Cl. The fourth-order valence-electron chi connectivity index (χ4n) is 1.66. The summed E-state index contributed by atoms with van der Waals surface area (Å²) in [4.78, 5) is 2.81. The second kappa shape index (κ2) is 7.29. The van der Waals surface area contributed by atoms with Crippen molar-refractivity contribution >= 4 is 40.4 Å². The molecule has 1 rings (SSSR count). The summed E-state index contributed by atoms with van der Waals surface area (Å²) in [6, 6.07) is 6.09. The number of nitrogens with two attached hydrogens (primary N) is 1. The van der Waals surface area contributed by atoms with Gasteiger partial charge in [0.2, 0.25) is 0 Å². The topological polar surface area (TPSA) is 29.3 Å². The Bertz CT molecular complexity index is 421. The van der Waals surface area contributed by atoms with Gasteiger partial charge >= 0.3 is 0 Å². The van der Waals surface area contributed by atoms with E-state index in [2.05, 4.69) is 18.7 Å². The van der Waals surface area contributed by atoms with Crippen molar-refractivity contribution in [1.82, 2.24) is 4.90 Å². The second-order valence-corrected chi connectivity index (χ2v) is 5.80. The number of rotatable bonds is 6. The Hall–Kier alpha value is -0.350. The van der Waals surface area contributed by atoms with Gasteiger partial charge in [0.15, 0.2) is 0 Å². The lowest BCUT2D eigenvalue weighted by Gasteiger charge is -2.26. The summed E-state index contributed by atoms with van der Waals surface area (Å²) in [6.07, 6.45) is 0.714. The van der Waals surface area contributed by atoms with Gasteiger partial charge in [-0.1, -0.05) is 47.6 Å². The highest BCUT2D eigenvalue weighted by molar-refractivity contribution is 7.80. The molecule has 0 aliphatic rings. The molecule has 5 heteroatoms. The average molecular weight is 305 g/mol. The van der Waals surface area contributed by atoms with Crippen LogP contribution in [0.1, 0.15) is 25.8 Å². The van der Waals surface area contributed by atoms with E-state index in [1.54, 1.807) is 6.07 Å². The quantitative estimate of drug-likeness (QED) is 0.809. The average Bonchev–Trinajstić information content (AvgIpc) is 2.29. The van der Waals surface area contributed by atoms with E-state index in [9.17, 15) is 0 Å². The van der Waals surface area contributed by atoms with Crippen LogP contribution < -0.4 is 5.73 Å². The highest BCUT2D eigenvalue weighted by atomic mass is 35.5. The van der Waals surface area contributed by atoms with E-state index in [4.69, 9.17) is 41.2 Å². The molecule has 0 unspecified atom stereocenters. The lowest BCUT2D eigenvalue weighted by atomic mass is 10.1. The van der Waals surface area contributed by atoms with Gasteiger partial charge in [-0.3, -0.25) is 4.90 Å². The zero-order valence-corrected chi connectivity index (χ0v) is 12.9. The first-order valence-electron chi connectivity index (χ1n) is 5.87. The lowest BCUT2D eigenvalue weighted by Crippen LogP contribution is -2.33. The molecule has 0 saturated carbocycles. The molecule has 0 saturated heterocycles. The van der Waals surface area contributed by atoms with Gasteiger partial charge in [-0.05, 0) is 25.5 Å². The van der Waals surface area contributed by atoms with Crippen LogP contribution in [0.4, 0.5) is 0 Å². The first kappa shape index (κ1) is 15.7. The monoisotopic (exact) mass is 304 g/mol. The molecular formula is C13H18Cl2N2S. The van der Waals surface area contributed by atoms with Crippen LogP contribution in [-0.4, -0.2) is 22.5 Å². The standard InChI is InChI=1S/C13H18Cl2N2S/c1-9(2)17(7-6-12(16)18)8-10-4-3-5-11(14)13(10)15/h3-5,9H,6-8H2,1-2H3,(H2,16,18). The summed E-state index contributed by atoms with van der Waals surface area (Å²) in [5.41, 5.74) is 6.57. The molecule has 100 valence electrons. The largest absolute Gasteiger partial charge is 0.393 e. The minimum absolute atomic E-state index is 0.398. The molecule has 0 amide bonds. The van der Waals surface area contributed by atoms with Crippen molar-refractivity contribution in [1.29, 1.82) is 0 Å². The Labute approximate surface area is 124 Å². The number of hydrogen-bond donors (Lipinski definition) is 1. The molecular weight excluding hydrogens is 287 g/mol. The minimum atomic E-state index is 0.398. The van der Waals surface area contributed by atoms with E-state index in [-0.39, 0.29) is 0 Å². The summed E-state index contributed by atoms with van der Waals surface area (Å²) in [7, 11) is 0. The van der Waals surface area contributed by atoms with Crippen molar-refractivity contribution in [2.75, 3.05) is 6.54 Å². The Morgan fingerprint density at radius 1 is 1.39 bits per heavy atom. The predicted molar refractivity (Wildman–Crippen MR) is 83.4 cm³/mol. The summed E-state index contributed by atoms with van der Waals surface area (Å²) < 4.78 is 0. The smallest absolute Gasteiger partial charge is 0.0740 e. The Balaban J connectivity index is 2.77. The van der Waals surface area contributed by atoms with Gasteiger partial charge in [-0.25, -0.2) is 0 Å². The van der Waals surface area contributed by atoms with Crippen LogP contribution in [0.2, 0.25) is 10.0 Å². The molecule has 2 N–H and O–H groups in total. The molecule has 2 nitrogen and oxygen atoms in total. The Morgan fingerprint density at radius 3 is 2.61 bits per heavy atom. The third-order valence-corrected chi connectivity index (χ3v) is 3.84. The third-order valence-electron chi connectivity index (χ3n) is 2.78. The minimum Gasteiger partial charge on any atom is -0.393 e. The molecule has 0 aliphatic heterocycles. The lowest BCUT2D eigenvalue weighted by molar-refractivity contribution is 0.219. The molecule has 1 aromatic rings. The van der Waals surface area contributed by atoms with E-state index in [0.717, 1.165) is 18.7 Å². The zero-order chi connectivity index (χ0) is 13.7. The molecule has 0 heterocycles. The second-order valence-electron chi connectivity index (χ2n) is 4.49. The molecule has 1 aromatic carbocycles. The van der Waals surface area contributed by atoms with Crippen LogP contribution in [-0.2, 0) is 6.54 Å². The number of thiocarbonyl (C=S) groups is 1. The van der Waals surface area contributed by atoms with Crippen LogP contribution in [0.5, 0.6) is 0 Å². The van der Waals surface area contributed by atoms with Crippen LogP contribution in [0.3, 0.4) is 0 Å². The predicted octanol–water partition coefficient (Wildman–Crippen LogP) is 3.88. The van der Waals surface area contributed by atoms with Crippen LogP contribution in [0, 0.1) is 0 Å². The van der Waals surface area contributed by atoms with Crippen LogP contribution in [0.25, 0.3) is 0 Å². The van der Waals surface area contributed by atoms with Crippen LogP contribution in [0.15, 0.2) is 18.2 Å². The molecule has 0 radical (unpaired) electrons. The van der Waals surface area contributed by atoms with Gasteiger partial charge in [-0.2, -0.15) is 0 Å².